The van der Waals surface area contributed by atoms with E-state index in [1.807, 2.05) is 0 Å². The average molecular weight is 446 g/mol. The van der Waals surface area contributed by atoms with Gasteiger partial charge in [0, 0.05) is 26.2 Å². The molecule has 0 radical (unpaired) electrons. The molecule has 1 aliphatic rings. The molecule has 2 aromatic rings. The molecule has 0 unspecified atom stereocenters. The van der Waals surface area contributed by atoms with E-state index < -0.39 is 23.4 Å². The van der Waals surface area contributed by atoms with E-state index in [0.29, 0.717) is 19.5 Å². The van der Waals surface area contributed by atoms with E-state index >= 15 is 0 Å². The lowest BCUT2D eigenvalue weighted by atomic mass is 10.1. The minimum Gasteiger partial charge on any atom is -0.505 e. The first kappa shape index (κ1) is 20.7. The molecule has 1 saturated heterocycles. The van der Waals surface area contributed by atoms with Gasteiger partial charge in [0.2, 0.25) is 0 Å². The number of benzene rings is 2. The monoisotopic (exact) mass is 444 g/mol. The predicted octanol–water partition coefficient (Wildman–Crippen LogP) is 4.48. The topological polar surface area (TPSA) is 60.9 Å². The van der Waals surface area contributed by atoms with Gasteiger partial charge in [0.05, 0.1) is 20.6 Å². The summed E-state index contributed by atoms with van der Waals surface area (Å²) in [5.41, 5.74) is -0.183. The Kier molecular flexibility index (Phi) is 6.33. The van der Waals surface area contributed by atoms with Crippen LogP contribution in [-0.4, -0.2) is 52.9 Å². The zero-order chi connectivity index (χ0) is 20.4. The molecule has 2 aromatic carbocycles. The summed E-state index contributed by atoms with van der Waals surface area (Å²) in [4.78, 5) is 28.5. The van der Waals surface area contributed by atoms with Crippen molar-refractivity contribution in [2.45, 2.75) is 6.42 Å². The second-order valence-electron chi connectivity index (χ2n) is 6.30. The van der Waals surface area contributed by atoms with Gasteiger partial charge in [-0.25, -0.2) is 4.39 Å². The van der Waals surface area contributed by atoms with Crippen molar-refractivity contribution < 1.29 is 19.1 Å². The van der Waals surface area contributed by atoms with E-state index in [1.54, 1.807) is 6.07 Å². The summed E-state index contributed by atoms with van der Waals surface area (Å²) in [6.07, 6.45) is 0.485. The van der Waals surface area contributed by atoms with Gasteiger partial charge in [-0.1, -0.05) is 46.9 Å². The number of rotatable bonds is 2. The van der Waals surface area contributed by atoms with Gasteiger partial charge in [-0.15, -0.1) is 0 Å². The van der Waals surface area contributed by atoms with Crippen molar-refractivity contribution in [2.75, 3.05) is 26.2 Å². The van der Waals surface area contributed by atoms with E-state index in [-0.39, 0.29) is 39.3 Å². The number of phenols is 1. The highest BCUT2D eigenvalue weighted by Gasteiger charge is 2.29. The van der Waals surface area contributed by atoms with Crippen molar-refractivity contribution in [3.63, 3.8) is 0 Å². The van der Waals surface area contributed by atoms with Crippen LogP contribution in [0.5, 0.6) is 5.75 Å². The Morgan fingerprint density at radius 3 is 2.18 bits per heavy atom. The molecule has 1 N–H and O–H groups in total. The molecule has 9 heteroatoms. The number of halogens is 4. The SMILES string of the molecule is O=C(c1ccccc1F)N1CCCN(C(=O)c2c(O)c(Cl)cc(Cl)c2Cl)CC1. The van der Waals surface area contributed by atoms with Crippen LogP contribution >= 0.6 is 34.8 Å². The van der Waals surface area contributed by atoms with E-state index in [2.05, 4.69) is 0 Å². The van der Waals surface area contributed by atoms with Crippen LogP contribution in [0.25, 0.3) is 0 Å². The number of nitrogens with zero attached hydrogens (tertiary/aromatic N) is 2. The molecule has 0 aromatic heterocycles. The van der Waals surface area contributed by atoms with Crippen molar-refractivity contribution in [3.8, 4) is 5.75 Å². The molecule has 5 nitrogen and oxygen atoms in total. The lowest BCUT2D eigenvalue weighted by molar-refractivity contribution is 0.0714. The summed E-state index contributed by atoms with van der Waals surface area (Å²) in [7, 11) is 0. The second kappa shape index (κ2) is 8.55. The molecule has 3 rings (SSSR count). The first-order valence-corrected chi connectivity index (χ1v) is 9.64. The van der Waals surface area contributed by atoms with Gasteiger partial charge >= 0.3 is 0 Å². The maximum absolute atomic E-state index is 13.9. The molecule has 1 fully saturated rings. The van der Waals surface area contributed by atoms with E-state index in [9.17, 15) is 19.1 Å². The van der Waals surface area contributed by atoms with Crippen LogP contribution in [0.3, 0.4) is 0 Å². The van der Waals surface area contributed by atoms with Crippen LogP contribution in [0.4, 0.5) is 4.39 Å². The van der Waals surface area contributed by atoms with Crippen LogP contribution in [-0.2, 0) is 0 Å². The number of carbonyl (C=O) groups is 2. The van der Waals surface area contributed by atoms with Crippen LogP contribution in [0, 0.1) is 5.82 Å². The third-order valence-corrected chi connectivity index (χ3v) is 5.61. The Hall–Kier alpha value is -2.02. The maximum Gasteiger partial charge on any atom is 0.259 e. The van der Waals surface area contributed by atoms with E-state index in [0.717, 1.165) is 0 Å². The third kappa shape index (κ3) is 4.04. The van der Waals surface area contributed by atoms with Crippen molar-refractivity contribution >= 4 is 46.6 Å². The fraction of sp³-hybridized carbons (Fsp3) is 0.263. The Morgan fingerprint density at radius 1 is 0.929 bits per heavy atom. The largest absolute Gasteiger partial charge is 0.505 e. The molecule has 0 aliphatic carbocycles. The van der Waals surface area contributed by atoms with Crippen molar-refractivity contribution in [2.24, 2.45) is 0 Å². The number of carbonyl (C=O) groups excluding carboxylic acids is 2. The molecular formula is C19H16Cl3FN2O3. The molecule has 1 aliphatic heterocycles. The van der Waals surface area contributed by atoms with Crippen LogP contribution in [0.15, 0.2) is 30.3 Å². The van der Waals surface area contributed by atoms with Crippen LogP contribution in [0.2, 0.25) is 15.1 Å². The fourth-order valence-electron chi connectivity index (χ4n) is 3.07. The summed E-state index contributed by atoms with van der Waals surface area (Å²) in [5.74, 6) is -1.99. The van der Waals surface area contributed by atoms with Gasteiger partial charge in [0.1, 0.15) is 17.1 Å². The van der Waals surface area contributed by atoms with Gasteiger partial charge in [0.25, 0.3) is 11.8 Å². The predicted molar refractivity (Wildman–Crippen MR) is 106 cm³/mol. The van der Waals surface area contributed by atoms with Gasteiger partial charge < -0.3 is 14.9 Å². The normalized spacial score (nSPS) is 14.7. The number of amides is 2. The van der Waals surface area contributed by atoms with Crippen LogP contribution < -0.4 is 0 Å². The van der Waals surface area contributed by atoms with Gasteiger partial charge in [-0.2, -0.15) is 0 Å². The van der Waals surface area contributed by atoms with E-state index in [4.69, 9.17) is 34.8 Å². The van der Waals surface area contributed by atoms with Gasteiger partial charge in [-0.3, -0.25) is 9.59 Å². The number of hydrogen-bond donors (Lipinski definition) is 1. The molecule has 0 bridgehead atoms. The Balaban J connectivity index is 1.78. The van der Waals surface area contributed by atoms with Crippen molar-refractivity contribution in [1.82, 2.24) is 9.80 Å². The summed E-state index contributed by atoms with van der Waals surface area (Å²) >= 11 is 18.0. The molecule has 0 spiro atoms. The Morgan fingerprint density at radius 2 is 1.54 bits per heavy atom. The van der Waals surface area contributed by atoms with Crippen LogP contribution in [0.1, 0.15) is 27.1 Å². The summed E-state index contributed by atoms with van der Waals surface area (Å²) < 4.78 is 13.9. The zero-order valence-electron chi connectivity index (χ0n) is 14.6. The summed E-state index contributed by atoms with van der Waals surface area (Å²) in [5, 5.41) is 10.1. The molecule has 148 valence electrons. The third-order valence-electron chi connectivity index (χ3n) is 4.53. The lowest BCUT2D eigenvalue weighted by Crippen LogP contribution is -2.37. The van der Waals surface area contributed by atoms with E-state index in [1.165, 1.54) is 34.1 Å². The van der Waals surface area contributed by atoms with Crippen molar-refractivity contribution in [3.05, 3.63) is 62.3 Å². The molecule has 0 saturated carbocycles. The highest BCUT2D eigenvalue weighted by Crippen LogP contribution is 2.39. The summed E-state index contributed by atoms with van der Waals surface area (Å²) in [6.45, 7) is 1.11. The van der Waals surface area contributed by atoms with Gasteiger partial charge in [0.15, 0.2) is 0 Å². The molecule has 0 atom stereocenters. The second-order valence-corrected chi connectivity index (χ2v) is 7.49. The molecule has 2 amide bonds. The lowest BCUT2D eigenvalue weighted by Gasteiger charge is -2.23. The molecule has 28 heavy (non-hydrogen) atoms. The first-order valence-electron chi connectivity index (χ1n) is 8.50. The maximum atomic E-state index is 13.9. The standard InChI is InChI=1S/C19H16Cl3FN2O3/c20-12-10-13(21)17(26)15(16(12)22)19(28)25-7-3-6-24(8-9-25)18(27)11-4-1-2-5-14(11)23/h1-2,4-5,10,26H,3,6-9H2. The molecular weight excluding hydrogens is 430 g/mol. The number of phenolic OH excluding ortho intramolecular Hbond substituents is 1. The minimum absolute atomic E-state index is 0.00964. The van der Waals surface area contributed by atoms with Gasteiger partial charge in [-0.05, 0) is 24.6 Å². The quantitative estimate of drug-likeness (QED) is 0.693. The number of aromatic hydroxyl groups is 1. The first-order chi connectivity index (χ1) is 13.3. The number of hydrogen-bond acceptors (Lipinski definition) is 3. The summed E-state index contributed by atoms with van der Waals surface area (Å²) in [6, 6.07) is 7.03. The smallest absolute Gasteiger partial charge is 0.259 e. The minimum atomic E-state index is -0.588. The Bertz CT molecular complexity index is 913. The van der Waals surface area contributed by atoms with Crippen molar-refractivity contribution in [1.29, 1.82) is 0 Å². The highest BCUT2D eigenvalue weighted by atomic mass is 35.5. The highest BCUT2D eigenvalue weighted by molar-refractivity contribution is 6.45. The Labute approximate surface area is 176 Å². The average Bonchev–Trinajstić information content (AvgIpc) is 2.92. The zero-order valence-corrected chi connectivity index (χ0v) is 16.9. The molecule has 1 heterocycles. The fourth-order valence-corrected chi connectivity index (χ4v) is 3.76.